The lowest BCUT2D eigenvalue weighted by atomic mass is 9.95. The second-order valence-corrected chi connectivity index (χ2v) is 7.23. The van der Waals surface area contributed by atoms with Gasteiger partial charge in [0.25, 0.3) is 0 Å². The van der Waals surface area contributed by atoms with Crippen LogP contribution in [-0.4, -0.2) is 13.7 Å². The molecule has 1 heterocycles. The Labute approximate surface area is 131 Å². The Morgan fingerprint density at radius 3 is 2.57 bits per heavy atom. The molecule has 0 aliphatic heterocycles. The second-order valence-electron chi connectivity index (χ2n) is 6.12. The molecule has 1 aromatic heterocycles. The maximum Gasteiger partial charge on any atom is 0.120 e. The summed E-state index contributed by atoms with van der Waals surface area (Å²) in [5.74, 6) is 0.845. The van der Waals surface area contributed by atoms with E-state index in [2.05, 4.69) is 38.2 Å². The van der Waals surface area contributed by atoms with E-state index in [0.29, 0.717) is 6.54 Å². The molecule has 0 bridgehead atoms. The molecule has 1 atom stereocenters. The van der Waals surface area contributed by atoms with Crippen molar-refractivity contribution in [2.75, 3.05) is 19.0 Å². The van der Waals surface area contributed by atoms with Crippen molar-refractivity contribution in [3.8, 4) is 5.75 Å². The first-order chi connectivity index (χ1) is 9.94. The highest BCUT2D eigenvalue weighted by Gasteiger charge is 2.19. The Balaban J connectivity index is 2.17. The van der Waals surface area contributed by atoms with Gasteiger partial charge in [0.2, 0.25) is 0 Å². The Hall–Kier alpha value is -1.52. The van der Waals surface area contributed by atoms with E-state index in [-0.39, 0.29) is 11.5 Å². The van der Waals surface area contributed by atoms with Gasteiger partial charge in [-0.1, -0.05) is 26.8 Å². The highest BCUT2D eigenvalue weighted by molar-refractivity contribution is 7.12. The van der Waals surface area contributed by atoms with Crippen LogP contribution in [0.4, 0.5) is 5.69 Å². The molecule has 114 valence electrons. The number of hydrogen-bond acceptors (Lipinski definition) is 4. The summed E-state index contributed by atoms with van der Waals surface area (Å²) in [6.45, 7) is 7.25. The Morgan fingerprint density at radius 1 is 1.24 bits per heavy atom. The Morgan fingerprint density at radius 2 is 2.00 bits per heavy atom. The number of ether oxygens (including phenoxy) is 1. The minimum atomic E-state index is 0.123. The van der Waals surface area contributed by atoms with Crippen LogP contribution in [0.25, 0.3) is 0 Å². The molecule has 21 heavy (non-hydrogen) atoms. The molecule has 0 aliphatic carbocycles. The predicted molar refractivity (Wildman–Crippen MR) is 91.4 cm³/mol. The summed E-state index contributed by atoms with van der Waals surface area (Å²) >= 11 is 1.83. The highest BCUT2D eigenvalue weighted by atomic mass is 32.1. The van der Waals surface area contributed by atoms with Crippen LogP contribution < -0.4 is 15.8 Å². The van der Waals surface area contributed by atoms with Crippen molar-refractivity contribution in [2.45, 2.75) is 32.2 Å². The number of rotatable bonds is 5. The number of anilines is 1. The molecule has 0 saturated heterocycles. The number of benzene rings is 1. The second kappa shape index (κ2) is 6.50. The average molecular weight is 304 g/mol. The molecule has 0 aliphatic rings. The summed E-state index contributed by atoms with van der Waals surface area (Å²) in [4.78, 5) is 2.65. The molecule has 0 fully saturated rings. The van der Waals surface area contributed by atoms with Crippen molar-refractivity contribution in [2.24, 2.45) is 5.73 Å². The molecular formula is C17H24N2OS. The molecule has 1 aromatic carbocycles. The number of hydrogen-bond donors (Lipinski definition) is 2. The van der Waals surface area contributed by atoms with Crippen molar-refractivity contribution in [1.29, 1.82) is 0 Å². The van der Waals surface area contributed by atoms with E-state index in [1.54, 1.807) is 7.11 Å². The standard InChI is InChI=1S/C17H24N2OS/c1-17(2,3)16-9-8-15(21-16)14(11-18)19-12-6-5-7-13(10-12)20-4/h5-10,14,19H,11,18H2,1-4H3. The van der Waals surface area contributed by atoms with E-state index in [9.17, 15) is 0 Å². The summed E-state index contributed by atoms with van der Waals surface area (Å²) in [6.07, 6.45) is 0. The molecule has 3 nitrogen and oxygen atoms in total. The predicted octanol–water partition coefficient (Wildman–Crippen LogP) is 4.17. The van der Waals surface area contributed by atoms with E-state index in [0.717, 1.165) is 11.4 Å². The largest absolute Gasteiger partial charge is 0.497 e. The van der Waals surface area contributed by atoms with Crippen molar-refractivity contribution in [1.82, 2.24) is 0 Å². The van der Waals surface area contributed by atoms with Gasteiger partial charge in [0.1, 0.15) is 5.75 Å². The quantitative estimate of drug-likeness (QED) is 0.871. The molecule has 0 amide bonds. The third kappa shape index (κ3) is 3.99. The number of nitrogens with two attached hydrogens (primary N) is 1. The van der Waals surface area contributed by atoms with Crippen LogP contribution in [0.15, 0.2) is 36.4 Å². The number of thiophene rings is 1. The van der Waals surface area contributed by atoms with E-state index in [4.69, 9.17) is 10.5 Å². The van der Waals surface area contributed by atoms with Crippen molar-refractivity contribution in [3.05, 3.63) is 46.2 Å². The first-order valence-electron chi connectivity index (χ1n) is 7.15. The van der Waals surface area contributed by atoms with Gasteiger partial charge < -0.3 is 15.8 Å². The van der Waals surface area contributed by atoms with Gasteiger partial charge in [0.15, 0.2) is 0 Å². The van der Waals surface area contributed by atoms with Gasteiger partial charge in [0, 0.05) is 28.1 Å². The molecular weight excluding hydrogens is 280 g/mol. The summed E-state index contributed by atoms with van der Waals surface area (Å²) < 4.78 is 5.26. The third-order valence-corrected chi connectivity index (χ3v) is 4.98. The van der Waals surface area contributed by atoms with E-state index >= 15 is 0 Å². The van der Waals surface area contributed by atoms with E-state index in [1.165, 1.54) is 9.75 Å². The van der Waals surface area contributed by atoms with Crippen LogP contribution in [0, 0.1) is 0 Å². The Bertz CT molecular complexity index is 586. The molecule has 1 unspecified atom stereocenters. The van der Waals surface area contributed by atoms with Gasteiger partial charge in [0.05, 0.1) is 13.2 Å². The normalized spacial score (nSPS) is 13.0. The number of methoxy groups -OCH3 is 1. The molecule has 2 rings (SSSR count). The zero-order chi connectivity index (χ0) is 15.5. The summed E-state index contributed by atoms with van der Waals surface area (Å²) in [6, 6.07) is 12.4. The maximum absolute atomic E-state index is 5.95. The lowest BCUT2D eigenvalue weighted by molar-refractivity contribution is 0.415. The topological polar surface area (TPSA) is 47.3 Å². The van der Waals surface area contributed by atoms with Crippen LogP contribution in [0.3, 0.4) is 0 Å². The fourth-order valence-corrected chi connectivity index (χ4v) is 3.23. The minimum absolute atomic E-state index is 0.123. The van der Waals surface area contributed by atoms with Gasteiger partial charge in [-0.25, -0.2) is 0 Å². The summed E-state index contributed by atoms with van der Waals surface area (Å²) in [7, 11) is 1.68. The van der Waals surface area contributed by atoms with Gasteiger partial charge in [-0.05, 0) is 29.7 Å². The van der Waals surface area contributed by atoms with Crippen LogP contribution in [0.1, 0.15) is 36.6 Å². The molecule has 0 radical (unpaired) electrons. The Kier molecular flexibility index (Phi) is 4.91. The van der Waals surface area contributed by atoms with Crippen molar-refractivity contribution < 1.29 is 4.74 Å². The first kappa shape index (κ1) is 15.9. The maximum atomic E-state index is 5.95. The van der Waals surface area contributed by atoms with E-state index < -0.39 is 0 Å². The molecule has 3 N–H and O–H groups in total. The highest BCUT2D eigenvalue weighted by Crippen LogP contribution is 2.33. The number of nitrogens with one attached hydrogen (secondary N) is 1. The molecule has 2 aromatic rings. The molecule has 0 saturated carbocycles. The van der Waals surface area contributed by atoms with E-state index in [1.807, 2.05) is 35.6 Å². The summed E-state index contributed by atoms with van der Waals surface area (Å²) in [5.41, 5.74) is 7.16. The van der Waals surface area contributed by atoms with Gasteiger partial charge in [-0.2, -0.15) is 0 Å². The smallest absolute Gasteiger partial charge is 0.120 e. The third-order valence-electron chi connectivity index (χ3n) is 3.36. The van der Waals surface area contributed by atoms with Crippen LogP contribution >= 0.6 is 11.3 Å². The van der Waals surface area contributed by atoms with Crippen LogP contribution in [-0.2, 0) is 5.41 Å². The van der Waals surface area contributed by atoms with Gasteiger partial charge >= 0.3 is 0 Å². The monoisotopic (exact) mass is 304 g/mol. The minimum Gasteiger partial charge on any atom is -0.497 e. The van der Waals surface area contributed by atoms with Gasteiger partial charge in [-0.3, -0.25) is 0 Å². The van der Waals surface area contributed by atoms with Crippen LogP contribution in [0.2, 0.25) is 0 Å². The summed E-state index contributed by atoms with van der Waals surface area (Å²) in [5, 5.41) is 3.49. The average Bonchev–Trinajstić information content (AvgIpc) is 2.94. The first-order valence-corrected chi connectivity index (χ1v) is 7.96. The molecule has 4 heteroatoms. The molecule has 0 spiro atoms. The fourth-order valence-electron chi connectivity index (χ4n) is 2.10. The lowest BCUT2D eigenvalue weighted by Gasteiger charge is -2.18. The zero-order valence-corrected chi connectivity index (χ0v) is 14.0. The van der Waals surface area contributed by atoms with Crippen molar-refractivity contribution in [3.63, 3.8) is 0 Å². The van der Waals surface area contributed by atoms with Gasteiger partial charge in [-0.15, -0.1) is 11.3 Å². The SMILES string of the molecule is COc1cccc(NC(CN)c2ccc(C(C)(C)C)s2)c1. The fraction of sp³-hybridized carbons (Fsp3) is 0.412. The lowest BCUT2D eigenvalue weighted by Crippen LogP contribution is -2.19. The zero-order valence-electron chi connectivity index (χ0n) is 13.1. The van der Waals surface area contributed by atoms with Crippen LogP contribution in [0.5, 0.6) is 5.75 Å². The van der Waals surface area contributed by atoms with Crippen molar-refractivity contribution >= 4 is 17.0 Å².